The highest BCUT2D eigenvalue weighted by atomic mass is 32.2. The number of nitrogens with one attached hydrogen (secondary N) is 1. The van der Waals surface area contributed by atoms with E-state index in [1.165, 1.54) is 13.1 Å². The molecule has 6 nitrogen and oxygen atoms in total. The number of rotatable bonds is 4. The Morgan fingerprint density at radius 1 is 1.31 bits per heavy atom. The zero-order valence-corrected chi connectivity index (χ0v) is 9.32. The van der Waals surface area contributed by atoms with E-state index in [-0.39, 0.29) is 12.1 Å². The minimum absolute atomic E-state index is 0.0452. The molecule has 0 aromatic heterocycles. The SMILES string of the molecule is CNC[C@@H](C1=CC(=O)C(=O)C=C1)S(=O)(=O)O. The van der Waals surface area contributed by atoms with Gasteiger partial charge in [0, 0.05) is 6.54 Å². The molecule has 0 fully saturated rings. The Kier molecular flexibility index (Phi) is 3.74. The molecule has 0 unspecified atom stereocenters. The largest absolute Gasteiger partial charge is 0.318 e. The maximum atomic E-state index is 11.1. The first-order valence-corrected chi connectivity index (χ1v) is 5.95. The molecular formula is C9H11NO5S. The molecule has 2 N–H and O–H groups in total. The fourth-order valence-corrected chi connectivity index (χ4v) is 2.17. The van der Waals surface area contributed by atoms with Crippen LogP contribution in [0, 0.1) is 0 Å². The topological polar surface area (TPSA) is 101 Å². The molecule has 0 saturated heterocycles. The summed E-state index contributed by atoms with van der Waals surface area (Å²) in [7, 11) is -2.80. The van der Waals surface area contributed by atoms with Crippen molar-refractivity contribution in [3.8, 4) is 0 Å². The van der Waals surface area contributed by atoms with Gasteiger partial charge in [-0.1, -0.05) is 6.08 Å². The van der Waals surface area contributed by atoms with Crippen LogP contribution >= 0.6 is 0 Å². The van der Waals surface area contributed by atoms with E-state index in [1.807, 2.05) is 0 Å². The van der Waals surface area contributed by atoms with Crippen LogP contribution in [0.2, 0.25) is 0 Å². The van der Waals surface area contributed by atoms with E-state index >= 15 is 0 Å². The van der Waals surface area contributed by atoms with Crippen molar-refractivity contribution in [2.24, 2.45) is 0 Å². The van der Waals surface area contributed by atoms with Crippen LogP contribution in [-0.2, 0) is 19.7 Å². The van der Waals surface area contributed by atoms with Crippen LogP contribution in [0.4, 0.5) is 0 Å². The van der Waals surface area contributed by atoms with Gasteiger partial charge in [0.25, 0.3) is 10.1 Å². The van der Waals surface area contributed by atoms with Crippen molar-refractivity contribution in [2.75, 3.05) is 13.6 Å². The number of hydrogen-bond acceptors (Lipinski definition) is 5. The smallest absolute Gasteiger partial charge is 0.273 e. The molecule has 0 aliphatic heterocycles. The summed E-state index contributed by atoms with van der Waals surface area (Å²) in [6.45, 7) is -0.0452. The van der Waals surface area contributed by atoms with E-state index in [9.17, 15) is 18.0 Å². The molecule has 88 valence electrons. The fraction of sp³-hybridized carbons (Fsp3) is 0.333. The monoisotopic (exact) mass is 245 g/mol. The van der Waals surface area contributed by atoms with Gasteiger partial charge in [-0.15, -0.1) is 0 Å². The predicted octanol–water partition coefficient (Wildman–Crippen LogP) is -0.903. The van der Waals surface area contributed by atoms with Gasteiger partial charge in [-0.05, 0) is 24.8 Å². The van der Waals surface area contributed by atoms with Crippen LogP contribution in [0.5, 0.6) is 0 Å². The third-order valence-electron chi connectivity index (χ3n) is 2.09. The second-order valence-electron chi connectivity index (χ2n) is 3.27. The molecule has 0 aromatic carbocycles. The standard InChI is InChI=1S/C9H11NO5S/c1-10-5-9(16(13,14)15)6-2-3-7(11)8(12)4-6/h2-4,9-10H,5H2,1H3,(H,13,14,15)/t9-/m0/s1. The van der Waals surface area contributed by atoms with Gasteiger partial charge in [-0.25, -0.2) is 0 Å². The van der Waals surface area contributed by atoms with E-state index in [0.29, 0.717) is 0 Å². The summed E-state index contributed by atoms with van der Waals surface area (Å²) in [6, 6.07) is 0. The van der Waals surface area contributed by atoms with E-state index in [0.717, 1.165) is 12.2 Å². The normalized spacial score (nSPS) is 18.5. The molecule has 7 heteroatoms. The van der Waals surface area contributed by atoms with Gasteiger partial charge in [0.15, 0.2) is 0 Å². The van der Waals surface area contributed by atoms with Gasteiger partial charge in [0.1, 0.15) is 5.25 Å². The molecule has 0 heterocycles. The molecular weight excluding hydrogens is 234 g/mol. The van der Waals surface area contributed by atoms with Gasteiger partial charge in [0.05, 0.1) is 0 Å². The highest BCUT2D eigenvalue weighted by molar-refractivity contribution is 7.86. The van der Waals surface area contributed by atoms with Crippen molar-refractivity contribution in [3.63, 3.8) is 0 Å². The lowest BCUT2D eigenvalue weighted by Crippen LogP contribution is -2.34. The summed E-state index contributed by atoms with van der Waals surface area (Å²) in [5.41, 5.74) is 0.0986. The average Bonchev–Trinajstić information content (AvgIpc) is 2.17. The Morgan fingerprint density at radius 2 is 1.94 bits per heavy atom. The highest BCUT2D eigenvalue weighted by Crippen LogP contribution is 2.15. The average molecular weight is 245 g/mol. The van der Waals surface area contributed by atoms with Crippen molar-refractivity contribution in [1.29, 1.82) is 0 Å². The summed E-state index contributed by atoms with van der Waals surface area (Å²) in [6.07, 6.45) is 3.14. The quantitative estimate of drug-likeness (QED) is 0.378. The minimum Gasteiger partial charge on any atom is -0.318 e. The van der Waals surface area contributed by atoms with Gasteiger partial charge in [-0.2, -0.15) is 8.42 Å². The minimum atomic E-state index is -4.31. The molecule has 0 amide bonds. The van der Waals surface area contributed by atoms with Crippen molar-refractivity contribution in [2.45, 2.75) is 5.25 Å². The summed E-state index contributed by atoms with van der Waals surface area (Å²) in [5, 5.41) is 1.34. The molecule has 1 atom stereocenters. The summed E-state index contributed by atoms with van der Waals surface area (Å²) >= 11 is 0. The summed E-state index contributed by atoms with van der Waals surface area (Å²) in [5.74, 6) is -1.50. The molecule has 0 aromatic rings. The Hall–Kier alpha value is -1.31. The maximum Gasteiger partial charge on any atom is 0.273 e. The van der Waals surface area contributed by atoms with Crippen LogP contribution in [0.1, 0.15) is 0 Å². The van der Waals surface area contributed by atoms with Crippen LogP contribution < -0.4 is 5.32 Å². The highest BCUT2D eigenvalue weighted by Gasteiger charge is 2.28. The lowest BCUT2D eigenvalue weighted by atomic mass is 10.0. The van der Waals surface area contributed by atoms with Crippen molar-refractivity contribution >= 4 is 21.7 Å². The third kappa shape index (κ3) is 2.84. The number of carbonyl (C=O) groups is 2. The van der Waals surface area contributed by atoms with E-state index in [2.05, 4.69) is 5.32 Å². The number of allylic oxidation sites excluding steroid dienone is 3. The van der Waals surface area contributed by atoms with Gasteiger partial charge in [-0.3, -0.25) is 14.1 Å². The first-order chi connectivity index (χ1) is 7.36. The van der Waals surface area contributed by atoms with Crippen molar-refractivity contribution in [1.82, 2.24) is 5.32 Å². The van der Waals surface area contributed by atoms with E-state index < -0.39 is 26.9 Å². The predicted molar refractivity (Wildman–Crippen MR) is 56.5 cm³/mol. The molecule has 0 saturated carbocycles. The molecule has 1 aliphatic carbocycles. The number of carbonyl (C=O) groups excluding carboxylic acids is 2. The summed E-state index contributed by atoms with van der Waals surface area (Å²) in [4.78, 5) is 21.9. The Balaban J connectivity index is 3.07. The first kappa shape index (κ1) is 12.8. The Labute approximate surface area is 92.8 Å². The van der Waals surface area contributed by atoms with E-state index in [4.69, 9.17) is 4.55 Å². The summed E-state index contributed by atoms with van der Waals surface area (Å²) < 4.78 is 31.1. The van der Waals surface area contributed by atoms with Crippen LogP contribution in [0.15, 0.2) is 23.8 Å². The molecule has 1 rings (SSSR count). The fourth-order valence-electron chi connectivity index (χ4n) is 1.31. The van der Waals surface area contributed by atoms with Crippen LogP contribution in [-0.4, -0.2) is 43.4 Å². The van der Waals surface area contributed by atoms with Crippen LogP contribution in [0.25, 0.3) is 0 Å². The lowest BCUT2D eigenvalue weighted by Gasteiger charge is -2.15. The molecule has 0 radical (unpaired) electrons. The zero-order valence-electron chi connectivity index (χ0n) is 8.50. The Bertz CT molecular complexity index is 474. The van der Waals surface area contributed by atoms with Crippen LogP contribution in [0.3, 0.4) is 0 Å². The molecule has 0 spiro atoms. The number of ketones is 2. The molecule has 0 bridgehead atoms. The maximum absolute atomic E-state index is 11.1. The first-order valence-electron chi connectivity index (χ1n) is 4.45. The second-order valence-corrected chi connectivity index (χ2v) is 4.87. The van der Waals surface area contributed by atoms with Gasteiger partial charge >= 0.3 is 0 Å². The second kappa shape index (κ2) is 4.69. The molecule has 16 heavy (non-hydrogen) atoms. The third-order valence-corrected chi connectivity index (χ3v) is 3.25. The number of hydrogen-bond donors (Lipinski definition) is 2. The van der Waals surface area contributed by atoms with Gasteiger partial charge in [0.2, 0.25) is 11.6 Å². The molecule has 1 aliphatic rings. The van der Waals surface area contributed by atoms with Crippen molar-refractivity contribution < 1.29 is 22.6 Å². The van der Waals surface area contributed by atoms with Gasteiger partial charge < -0.3 is 5.32 Å². The Morgan fingerprint density at radius 3 is 2.38 bits per heavy atom. The van der Waals surface area contributed by atoms with Crippen molar-refractivity contribution in [3.05, 3.63) is 23.8 Å². The zero-order chi connectivity index (χ0) is 12.3. The van der Waals surface area contributed by atoms with E-state index in [1.54, 1.807) is 0 Å². The lowest BCUT2D eigenvalue weighted by molar-refractivity contribution is -0.131.